The lowest BCUT2D eigenvalue weighted by Crippen LogP contribution is -2.01. The summed E-state index contributed by atoms with van der Waals surface area (Å²) in [5.74, 6) is -0.671. The van der Waals surface area contributed by atoms with Crippen LogP contribution in [0.5, 0.6) is 5.75 Å². The summed E-state index contributed by atoms with van der Waals surface area (Å²) in [7, 11) is 1.49. The maximum absolute atomic E-state index is 11.6. The highest BCUT2D eigenvalue weighted by atomic mass is 35.5. The fourth-order valence-corrected chi connectivity index (χ4v) is 4.89. The Labute approximate surface area is 183 Å². The van der Waals surface area contributed by atoms with Gasteiger partial charge in [-0.05, 0) is 38.1 Å². The van der Waals surface area contributed by atoms with Gasteiger partial charge in [0.25, 0.3) is 0 Å². The predicted octanol–water partition coefficient (Wildman–Crippen LogP) is 5.67. The molecule has 0 saturated heterocycles. The van der Waals surface area contributed by atoms with Gasteiger partial charge in [-0.25, -0.2) is 4.79 Å². The molecule has 0 radical (unpaired) electrons. The van der Waals surface area contributed by atoms with E-state index in [1.165, 1.54) is 18.9 Å². The van der Waals surface area contributed by atoms with Gasteiger partial charge in [-0.15, -0.1) is 0 Å². The number of aromatic nitrogens is 3. The van der Waals surface area contributed by atoms with Crippen molar-refractivity contribution in [2.75, 3.05) is 7.11 Å². The number of carboxylic acids is 1. The van der Waals surface area contributed by atoms with Gasteiger partial charge in [0, 0.05) is 33.7 Å². The van der Waals surface area contributed by atoms with Crippen LogP contribution in [0.15, 0.2) is 58.6 Å². The Morgan fingerprint density at radius 3 is 2.77 bits per heavy atom. The monoisotopic (exact) mass is 441 g/mol. The number of benzene rings is 2. The van der Waals surface area contributed by atoms with Gasteiger partial charge in [0.1, 0.15) is 11.3 Å². The van der Waals surface area contributed by atoms with Gasteiger partial charge >= 0.3 is 5.97 Å². The summed E-state index contributed by atoms with van der Waals surface area (Å²) in [4.78, 5) is 13.3. The summed E-state index contributed by atoms with van der Waals surface area (Å²) < 4.78 is 9.44. The van der Waals surface area contributed by atoms with E-state index in [0.717, 1.165) is 38.6 Å². The molecule has 2 heterocycles. The Hall–Kier alpha value is -2.90. The number of hydrogen-bond donors (Lipinski definition) is 1. The number of para-hydroxylation sites is 1. The fourth-order valence-electron chi connectivity index (χ4n) is 3.55. The van der Waals surface area contributed by atoms with Crippen molar-refractivity contribution in [3.05, 3.63) is 65.1 Å². The zero-order chi connectivity index (χ0) is 21.4. The van der Waals surface area contributed by atoms with E-state index in [1.54, 1.807) is 12.1 Å². The van der Waals surface area contributed by atoms with Crippen molar-refractivity contribution in [3.63, 3.8) is 0 Å². The number of halogens is 1. The van der Waals surface area contributed by atoms with E-state index in [9.17, 15) is 9.90 Å². The number of ether oxygens (including phenoxy) is 1. The lowest BCUT2D eigenvalue weighted by atomic mass is 10.2. The highest BCUT2D eigenvalue weighted by Gasteiger charge is 2.21. The van der Waals surface area contributed by atoms with Crippen LogP contribution in [0.25, 0.3) is 16.6 Å². The van der Waals surface area contributed by atoms with Crippen molar-refractivity contribution in [2.45, 2.75) is 30.2 Å². The Morgan fingerprint density at radius 2 is 2.10 bits per heavy atom. The molecule has 0 amide bonds. The number of rotatable bonds is 6. The number of fused-ring (bicyclic) bond motifs is 1. The highest BCUT2D eigenvalue weighted by molar-refractivity contribution is 7.99. The second-order valence-electron chi connectivity index (χ2n) is 6.71. The van der Waals surface area contributed by atoms with Crippen molar-refractivity contribution >= 4 is 40.2 Å². The minimum atomic E-state index is -1.02. The van der Waals surface area contributed by atoms with Crippen LogP contribution in [0.2, 0.25) is 5.02 Å². The largest absolute Gasteiger partial charge is 0.495 e. The maximum Gasteiger partial charge on any atom is 0.339 e. The first kappa shape index (κ1) is 20.4. The molecule has 0 unspecified atom stereocenters. The molecule has 2 aromatic carbocycles. The van der Waals surface area contributed by atoms with E-state index in [-0.39, 0.29) is 5.56 Å². The van der Waals surface area contributed by atoms with Crippen LogP contribution in [0.3, 0.4) is 0 Å². The third-order valence-corrected chi connectivity index (χ3v) is 6.43. The Kier molecular flexibility index (Phi) is 5.49. The van der Waals surface area contributed by atoms with E-state index in [4.69, 9.17) is 16.3 Å². The third kappa shape index (κ3) is 3.44. The molecule has 2 aromatic heterocycles. The molecule has 154 valence electrons. The van der Waals surface area contributed by atoms with E-state index >= 15 is 0 Å². The molecule has 6 nitrogen and oxygen atoms in total. The van der Waals surface area contributed by atoms with Crippen LogP contribution >= 0.6 is 23.4 Å². The maximum atomic E-state index is 11.6. The van der Waals surface area contributed by atoms with E-state index < -0.39 is 5.97 Å². The number of carbonyl (C=O) groups is 1. The molecule has 0 fully saturated rings. The zero-order valence-electron chi connectivity index (χ0n) is 16.7. The summed E-state index contributed by atoms with van der Waals surface area (Å²) in [5.41, 5.74) is 3.05. The van der Waals surface area contributed by atoms with Gasteiger partial charge in [-0.3, -0.25) is 4.68 Å². The smallest absolute Gasteiger partial charge is 0.339 e. The first-order valence-corrected chi connectivity index (χ1v) is 10.6. The molecule has 0 saturated carbocycles. The van der Waals surface area contributed by atoms with Crippen LogP contribution in [0, 0.1) is 6.92 Å². The topological polar surface area (TPSA) is 69.3 Å². The molecule has 0 aliphatic heterocycles. The van der Waals surface area contributed by atoms with Gasteiger partial charge in [0.15, 0.2) is 0 Å². The molecule has 0 bridgehead atoms. The van der Waals surface area contributed by atoms with Crippen LogP contribution in [-0.2, 0) is 6.54 Å². The molecule has 0 aliphatic carbocycles. The summed E-state index contributed by atoms with van der Waals surface area (Å²) in [6.45, 7) is 4.85. The average molecular weight is 442 g/mol. The second-order valence-corrected chi connectivity index (χ2v) is 8.20. The van der Waals surface area contributed by atoms with E-state index in [2.05, 4.69) is 9.67 Å². The van der Waals surface area contributed by atoms with Crippen molar-refractivity contribution in [3.8, 4) is 11.4 Å². The van der Waals surface area contributed by atoms with Crippen LogP contribution in [0.1, 0.15) is 23.0 Å². The molecular formula is C22H20ClN3O3S. The molecule has 4 rings (SSSR count). The van der Waals surface area contributed by atoms with E-state index in [1.807, 2.05) is 55.2 Å². The zero-order valence-corrected chi connectivity index (χ0v) is 18.3. The number of nitrogens with zero attached hydrogens (tertiary/aromatic N) is 3. The molecule has 1 N–H and O–H groups in total. The SMILES string of the molecule is CCn1cc(-n2c(C)c(Sc3cccc(C(=O)O)c3OC)c3ccc(Cl)cc32)cn1. The highest BCUT2D eigenvalue weighted by Crippen LogP contribution is 2.44. The van der Waals surface area contributed by atoms with Crippen LogP contribution < -0.4 is 4.74 Å². The van der Waals surface area contributed by atoms with Crippen LogP contribution in [-0.4, -0.2) is 32.5 Å². The Balaban J connectivity index is 1.92. The molecule has 30 heavy (non-hydrogen) atoms. The Morgan fingerprint density at radius 1 is 1.30 bits per heavy atom. The van der Waals surface area contributed by atoms with Gasteiger partial charge in [0.2, 0.25) is 0 Å². The van der Waals surface area contributed by atoms with Crippen molar-refractivity contribution in [2.24, 2.45) is 0 Å². The fraction of sp³-hybridized carbons (Fsp3) is 0.182. The van der Waals surface area contributed by atoms with E-state index in [0.29, 0.717) is 10.8 Å². The normalized spacial score (nSPS) is 11.2. The number of aryl methyl sites for hydroxylation is 1. The minimum absolute atomic E-state index is 0.135. The lowest BCUT2D eigenvalue weighted by Gasteiger charge is -2.11. The first-order valence-electron chi connectivity index (χ1n) is 9.36. The van der Waals surface area contributed by atoms with Gasteiger partial charge < -0.3 is 14.4 Å². The molecular weight excluding hydrogens is 422 g/mol. The molecule has 4 aromatic rings. The summed E-state index contributed by atoms with van der Waals surface area (Å²) in [6.07, 6.45) is 3.82. The van der Waals surface area contributed by atoms with Crippen LogP contribution in [0.4, 0.5) is 0 Å². The van der Waals surface area contributed by atoms with Crippen molar-refractivity contribution < 1.29 is 14.6 Å². The summed E-state index contributed by atoms with van der Waals surface area (Å²) >= 11 is 7.79. The standard InChI is InChI=1S/C22H20ClN3O3S/c1-4-25-12-15(11-24-25)26-13(2)21(16-9-8-14(23)10-18(16)26)30-19-7-5-6-17(22(27)28)20(19)29-3/h5-12H,4H2,1-3H3,(H,27,28). The van der Waals surface area contributed by atoms with Gasteiger partial charge in [-0.1, -0.05) is 35.5 Å². The quantitative estimate of drug-likeness (QED) is 0.417. The number of carboxylic acid groups (broad SMARTS) is 1. The summed E-state index contributed by atoms with van der Waals surface area (Å²) in [5, 5.41) is 15.6. The van der Waals surface area contributed by atoms with Gasteiger partial charge in [-0.2, -0.15) is 5.10 Å². The predicted molar refractivity (Wildman–Crippen MR) is 119 cm³/mol. The Bertz CT molecular complexity index is 1260. The first-order chi connectivity index (χ1) is 14.4. The van der Waals surface area contributed by atoms with Crippen molar-refractivity contribution in [1.82, 2.24) is 14.3 Å². The average Bonchev–Trinajstić information content (AvgIpc) is 3.30. The number of hydrogen-bond acceptors (Lipinski definition) is 4. The summed E-state index contributed by atoms with van der Waals surface area (Å²) in [6, 6.07) is 10.9. The van der Waals surface area contributed by atoms with Gasteiger partial charge in [0.05, 0.1) is 29.4 Å². The molecule has 0 spiro atoms. The third-order valence-electron chi connectivity index (χ3n) is 4.94. The lowest BCUT2D eigenvalue weighted by molar-refractivity contribution is 0.0693. The minimum Gasteiger partial charge on any atom is -0.495 e. The number of aromatic carboxylic acids is 1. The molecule has 0 aliphatic rings. The number of methoxy groups -OCH3 is 1. The molecule has 8 heteroatoms. The molecule has 0 atom stereocenters. The second kappa shape index (κ2) is 8.08. The van der Waals surface area contributed by atoms with Crippen molar-refractivity contribution in [1.29, 1.82) is 0 Å².